The summed E-state index contributed by atoms with van der Waals surface area (Å²) in [6.45, 7) is 7.16. The van der Waals surface area contributed by atoms with Gasteiger partial charge in [0.1, 0.15) is 0 Å². The SMILES string of the molecule is Cc1nnc(CNC2CCC(C)(C)C2)o1. The Kier molecular flexibility index (Phi) is 2.78. The van der Waals surface area contributed by atoms with E-state index in [0.717, 1.165) is 0 Å². The number of aromatic nitrogens is 2. The molecule has 84 valence electrons. The number of hydrogen-bond acceptors (Lipinski definition) is 4. The quantitative estimate of drug-likeness (QED) is 0.827. The summed E-state index contributed by atoms with van der Waals surface area (Å²) in [5.41, 5.74) is 0.489. The second-order valence-corrected chi connectivity index (χ2v) is 5.20. The average Bonchev–Trinajstić information content (AvgIpc) is 2.69. The minimum absolute atomic E-state index is 0.489. The lowest BCUT2D eigenvalue weighted by Crippen LogP contribution is -2.26. The van der Waals surface area contributed by atoms with Gasteiger partial charge in [0.25, 0.3) is 0 Å². The summed E-state index contributed by atoms with van der Waals surface area (Å²) in [4.78, 5) is 0. The van der Waals surface area contributed by atoms with Crippen molar-refractivity contribution in [1.29, 1.82) is 0 Å². The van der Waals surface area contributed by atoms with Gasteiger partial charge in [-0.25, -0.2) is 0 Å². The maximum Gasteiger partial charge on any atom is 0.230 e. The fourth-order valence-electron chi connectivity index (χ4n) is 2.25. The van der Waals surface area contributed by atoms with Crippen LogP contribution in [0.3, 0.4) is 0 Å². The normalized spacial score (nSPS) is 24.6. The van der Waals surface area contributed by atoms with Crippen molar-refractivity contribution in [3.05, 3.63) is 11.8 Å². The molecule has 1 aromatic heterocycles. The summed E-state index contributed by atoms with van der Waals surface area (Å²) in [5.74, 6) is 1.33. The zero-order chi connectivity index (χ0) is 10.9. The highest BCUT2D eigenvalue weighted by atomic mass is 16.4. The summed E-state index contributed by atoms with van der Waals surface area (Å²) >= 11 is 0. The van der Waals surface area contributed by atoms with Gasteiger partial charge in [0.15, 0.2) is 0 Å². The van der Waals surface area contributed by atoms with Gasteiger partial charge in [0.2, 0.25) is 11.8 Å². The molecule has 0 spiro atoms. The molecule has 1 saturated carbocycles. The van der Waals surface area contributed by atoms with Crippen LogP contribution in [-0.4, -0.2) is 16.2 Å². The van der Waals surface area contributed by atoms with Crippen molar-refractivity contribution in [2.75, 3.05) is 0 Å². The molecule has 0 amide bonds. The van der Waals surface area contributed by atoms with Crippen molar-refractivity contribution in [2.24, 2.45) is 5.41 Å². The van der Waals surface area contributed by atoms with Crippen LogP contribution in [0.2, 0.25) is 0 Å². The van der Waals surface area contributed by atoms with Gasteiger partial charge in [-0.2, -0.15) is 0 Å². The second kappa shape index (κ2) is 3.93. The van der Waals surface area contributed by atoms with Gasteiger partial charge in [-0.1, -0.05) is 13.8 Å². The van der Waals surface area contributed by atoms with Crippen molar-refractivity contribution < 1.29 is 4.42 Å². The van der Waals surface area contributed by atoms with Crippen molar-refractivity contribution in [1.82, 2.24) is 15.5 Å². The Bertz CT molecular complexity index is 332. The molecule has 1 fully saturated rings. The fourth-order valence-corrected chi connectivity index (χ4v) is 2.25. The van der Waals surface area contributed by atoms with E-state index in [1.54, 1.807) is 0 Å². The summed E-state index contributed by atoms with van der Waals surface area (Å²) in [7, 11) is 0. The lowest BCUT2D eigenvalue weighted by atomic mass is 9.92. The molecule has 4 nitrogen and oxygen atoms in total. The first-order valence-corrected chi connectivity index (χ1v) is 5.57. The summed E-state index contributed by atoms with van der Waals surface area (Å²) < 4.78 is 5.31. The van der Waals surface area contributed by atoms with Gasteiger partial charge >= 0.3 is 0 Å². The fraction of sp³-hybridized carbons (Fsp3) is 0.818. The van der Waals surface area contributed by atoms with Crippen molar-refractivity contribution in [2.45, 2.75) is 52.6 Å². The van der Waals surface area contributed by atoms with Crippen LogP contribution in [0, 0.1) is 12.3 Å². The lowest BCUT2D eigenvalue weighted by molar-refractivity contribution is 0.357. The van der Waals surface area contributed by atoms with Crippen LogP contribution in [0.25, 0.3) is 0 Å². The molecule has 4 heteroatoms. The minimum atomic E-state index is 0.489. The highest BCUT2D eigenvalue weighted by Crippen LogP contribution is 2.36. The maximum absolute atomic E-state index is 5.31. The zero-order valence-electron chi connectivity index (χ0n) is 9.71. The standard InChI is InChI=1S/C11H19N3O/c1-8-13-14-10(15-8)7-12-9-4-5-11(2,3)6-9/h9,12H,4-7H2,1-3H3. The van der Waals surface area contributed by atoms with Gasteiger partial charge in [0.05, 0.1) is 6.54 Å². The molecule has 0 aromatic carbocycles. The van der Waals surface area contributed by atoms with Gasteiger partial charge < -0.3 is 9.73 Å². The van der Waals surface area contributed by atoms with Gasteiger partial charge in [-0.15, -0.1) is 10.2 Å². The summed E-state index contributed by atoms with van der Waals surface area (Å²) in [6, 6.07) is 0.604. The molecule has 1 aliphatic carbocycles. The van der Waals surface area contributed by atoms with Crippen LogP contribution in [0.15, 0.2) is 4.42 Å². The predicted octanol–water partition coefficient (Wildman–Crippen LogP) is 2.05. The molecule has 1 aliphatic rings. The van der Waals surface area contributed by atoms with Crippen molar-refractivity contribution in [3.63, 3.8) is 0 Å². The predicted molar refractivity (Wildman–Crippen MR) is 57.3 cm³/mol. The largest absolute Gasteiger partial charge is 0.424 e. The molecule has 1 unspecified atom stereocenters. The van der Waals surface area contributed by atoms with Gasteiger partial charge in [-0.3, -0.25) is 0 Å². The molecule has 1 heterocycles. The van der Waals surface area contributed by atoms with E-state index in [0.29, 0.717) is 29.8 Å². The molecule has 0 saturated heterocycles. The van der Waals surface area contributed by atoms with Crippen LogP contribution in [-0.2, 0) is 6.54 Å². The first-order valence-electron chi connectivity index (χ1n) is 5.57. The molecular formula is C11H19N3O. The monoisotopic (exact) mass is 209 g/mol. The first kappa shape index (κ1) is 10.6. The molecule has 0 radical (unpaired) electrons. The number of aryl methyl sites for hydroxylation is 1. The Morgan fingerprint density at radius 3 is 2.80 bits per heavy atom. The van der Waals surface area contributed by atoms with Crippen LogP contribution in [0.1, 0.15) is 44.9 Å². The highest BCUT2D eigenvalue weighted by molar-refractivity contribution is 4.88. The number of nitrogens with zero attached hydrogens (tertiary/aromatic N) is 2. The topological polar surface area (TPSA) is 51.0 Å². The third-order valence-corrected chi connectivity index (χ3v) is 3.08. The Labute approximate surface area is 90.5 Å². The van der Waals surface area contributed by atoms with E-state index in [1.807, 2.05) is 6.92 Å². The highest BCUT2D eigenvalue weighted by Gasteiger charge is 2.30. The Morgan fingerprint density at radius 1 is 1.47 bits per heavy atom. The van der Waals surface area contributed by atoms with Crippen LogP contribution >= 0.6 is 0 Å². The van der Waals surface area contributed by atoms with Gasteiger partial charge in [0, 0.05) is 13.0 Å². The zero-order valence-corrected chi connectivity index (χ0v) is 9.71. The molecule has 1 atom stereocenters. The van der Waals surface area contributed by atoms with E-state index in [2.05, 4.69) is 29.4 Å². The summed E-state index contributed by atoms with van der Waals surface area (Å²) in [6.07, 6.45) is 3.79. The molecule has 2 rings (SSSR count). The number of nitrogens with one attached hydrogen (secondary N) is 1. The third-order valence-electron chi connectivity index (χ3n) is 3.08. The Morgan fingerprint density at radius 2 is 2.27 bits per heavy atom. The van der Waals surface area contributed by atoms with E-state index in [-0.39, 0.29) is 0 Å². The smallest absolute Gasteiger partial charge is 0.230 e. The molecular weight excluding hydrogens is 190 g/mol. The number of hydrogen-bond donors (Lipinski definition) is 1. The van der Waals surface area contributed by atoms with Gasteiger partial charge in [-0.05, 0) is 24.7 Å². The number of rotatable bonds is 3. The molecule has 0 bridgehead atoms. The van der Waals surface area contributed by atoms with Crippen molar-refractivity contribution >= 4 is 0 Å². The molecule has 15 heavy (non-hydrogen) atoms. The van der Waals surface area contributed by atoms with E-state index >= 15 is 0 Å². The second-order valence-electron chi connectivity index (χ2n) is 5.20. The van der Waals surface area contributed by atoms with E-state index in [1.165, 1.54) is 19.3 Å². The van der Waals surface area contributed by atoms with E-state index < -0.39 is 0 Å². The molecule has 1 N–H and O–H groups in total. The lowest BCUT2D eigenvalue weighted by Gasteiger charge is -2.17. The summed E-state index contributed by atoms with van der Waals surface area (Å²) in [5, 5.41) is 11.2. The third kappa shape index (κ3) is 2.78. The maximum atomic E-state index is 5.31. The van der Waals surface area contributed by atoms with Crippen molar-refractivity contribution in [3.8, 4) is 0 Å². The van der Waals surface area contributed by atoms with Crippen LogP contribution < -0.4 is 5.32 Å². The van der Waals surface area contributed by atoms with E-state index in [4.69, 9.17) is 4.42 Å². The molecule has 0 aliphatic heterocycles. The van der Waals surface area contributed by atoms with E-state index in [9.17, 15) is 0 Å². The average molecular weight is 209 g/mol. The van der Waals surface area contributed by atoms with Crippen LogP contribution in [0.4, 0.5) is 0 Å². The minimum Gasteiger partial charge on any atom is -0.424 e. The Hall–Kier alpha value is -0.900. The van der Waals surface area contributed by atoms with Crippen LogP contribution in [0.5, 0.6) is 0 Å². The molecule has 1 aromatic rings. The first-order chi connectivity index (χ1) is 7.05. The Balaban J connectivity index is 1.80.